The van der Waals surface area contributed by atoms with Gasteiger partial charge in [0.2, 0.25) is 0 Å². The molecule has 1 aliphatic heterocycles. The van der Waals surface area contributed by atoms with Crippen LogP contribution in [-0.4, -0.2) is 35.3 Å². The third kappa shape index (κ3) is 3.38. The lowest BCUT2D eigenvalue weighted by molar-refractivity contribution is 0.0927. The Morgan fingerprint density at radius 3 is 2.48 bits per heavy atom. The SMILES string of the molecule is O=C(c1c[nH]c2ccccc12)[C@H](CN1CCCCC1)c1ccccc1. The fourth-order valence-electron chi connectivity index (χ4n) is 3.89. The highest BCUT2D eigenvalue weighted by Gasteiger charge is 2.27. The van der Waals surface area contributed by atoms with Crippen molar-refractivity contribution in [1.29, 1.82) is 0 Å². The van der Waals surface area contributed by atoms with E-state index < -0.39 is 0 Å². The largest absolute Gasteiger partial charge is 0.360 e. The van der Waals surface area contributed by atoms with E-state index in [0.717, 1.165) is 41.7 Å². The Labute approximate surface area is 148 Å². The van der Waals surface area contributed by atoms with E-state index in [9.17, 15) is 4.79 Å². The standard InChI is InChI=1S/C22H24N2O/c25-22(19-15-23-21-12-6-5-11-18(19)21)20(17-9-3-1-4-10-17)16-24-13-7-2-8-14-24/h1,3-6,9-12,15,20,23H,2,7-8,13-14,16H2/t20-/m1/s1. The van der Waals surface area contributed by atoms with Gasteiger partial charge in [0.15, 0.2) is 5.78 Å². The average Bonchev–Trinajstić information content (AvgIpc) is 3.11. The Bertz CT molecular complexity index is 847. The highest BCUT2D eigenvalue weighted by Crippen LogP contribution is 2.27. The van der Waals surface area contributed by atoms with Gasteiger partial charge in [-0.3, -0.25) is 4.79 Å². The number of nitrogens with one attached hydrogen (secondary N) is 1. The number of fused-ring (bicyclic) bond motifs is 1. The predicted molar refractivity (Wildman–Crippen MR) is 102 cm³/mol. The van der Waals surface area contributed by atoms with Gasteiger partial charge in [0.25, 0.3) is 0 Å². The molecule has 1 atom stereocenters. The van der Waals surface area contributed by atoms with E-state index in [1.54, 1.807) is 0 Å². The molecule has 1 saturated heterocycles. The van der Waals surface area contributed by atoms with Crippen LogP contribution in [0.2, 0.25) is 0 Å². The number of hydrogen-bond acceptors (Lipinski definition) is 2. The van der Waals surface area contributed by atoms with Gasteiger partial charge in [0.05, 0.1) is 5.92 Å². The molecule has 0 bridgehead atoms. The fraction of sp³-hybridized carbons (Fsp3) is 0.318. The molecule has 1 N–H and O–H groups in total. The summed E-state index contributed by atoms with van der Waals surface area (Å²) >= 11 is 0. The molecule has 4 rings (SSSR count). The maximum absolute atomic E-state index is 13.4. The van der Waals surface area contributed by atoms with Crippen molar-refractivity contribution in [2.45, 2.75) is 25.2 Å². The lowest BCUT2D eigenvalue weighted by atomic mass is 9.89. The van der Waals surface area contributed by atoms with Gasteiger partial charge >= 0.3 is 0 Å². The van der Waals surface area contributed by atoms with Crippen molar-refractivity contribution in [1.82, 2.24) is 9.88 Å². The number of aromatic nitrogens is 1. The smallest absolute Gasteiger partial charge is 0.173 e. The first-order valence-corrected chi connectivity index (χ1v) is 9.20. The third-order valence-electron chi connectivity index (χ3n) is 5.26. The summed E-state index contributed by atoms with van der Waals surface area (Å²) in [6, 6.07) is 18.3. The van der Waals surface area contributed by atoms with Crippen LogP contribution in [0, 0.1) is 0 Å². The van der Waals surface area contributed by atoms with Crippen molar-refractivity contribution in [2.24, 2.45) is 0 Å². The number of likely N-dealkylation sites (tertiary alicyclic amines) is 1. The molecule has 0 amide bonds. The van der Waals surface area contributed by atoms with E-state index in [-0.39, 0.29) is 11.7 Å². The molecule has 3 heteroatoms. The number of H-pyrrole nitrogens is 1. The van der Waals surface area contributed by atoms with Crippen molar-refractivity contribution in [3.63, 3.8) is 0 Å². The molecule has 3 aromatic rings. The van der Waals surface area contributed by atoms with Crippen molar-refractivity contribution in [3.8, 4) is 0 Å². The number of aromatic amines is 1. The zero-order chi connectivity index (χ0) is 17.1. The second kappa shape index (κ2) is 7.24. The summed E-state index contributed by atoms with van der Waals surface area (Å²) in [5.74, 6) is 0.104. The molecule has 0 aliphatic carbocycles. The minimum Gasteiger partial charge on any atom is -0.360 e. The number of para-hydroxylation sites is 1. The molecule has 1 fully saturated rings. The maximum Gasteiger partial charge on any atom is 0.173 e. The van der Waals surface area contributed by atoms with Crippen LogP contribution < -0.4 is 0 Å². The Kier molecular flexibility index (Phi) is 4.66. The zero-order valence-corrected chi connectivity index (χ0v) is 14.4. The summed E-state index contributed by atoms with van der Waals surface area (Å²) in [7, 11) is 0. The van der Waals surface area contributed by atoms with E-state index in [4.69, 9.17) is 0 Å². The fourth-order valence-corrected chi connectivity index (χ4v) is 3.89. The van der Waals surface area contributed by atoms with Crippen molar-refractivity contribution in [2.75, 3.05) is 19.6 Å². The summed E-state index contributed by atoms with van der Waals surface area (Å²) in [4.78, 5) is 19.1. The number of nitrogens with zero attached hydrogens (tertiary/aromatic N) is 1. The highest BCUT2D eigenvalue weighted by atomic mass is 16.1. The number of carbonyl (C=O) groups is 1. The molecule has 1 aliphatic rings. The number of hydrogen-bond donors (Lipinski definition) is 1. The molecule has 128 valence electrons. The Morgan fingerprint density at radius 2 is 1.68 bits per heavy atom. The number of piperidine rings is 1. The number of benzene rings is 2. The third-order valence-corrected chi connectivity index (χ3v) is 5.26. The maximum atomic E-state index is 13.4. The first-order chi connectivity index (χ1) is 12.3. The van der Waals surface area contributed by atoms with Crippen molar-refractivity contribution >= 4 is 16.7 Å². The molecule has 0 radical (unpaired) electrons. The number of rotatable bonds is 5. The van der Waals surface area contributed by atoms with Crippen LogP contribution in [0.25, 0.3) is 10.9 Å². The topological polar surface area (TPSA) is 36.1 Å². The average molecular weight is 332 g/mol. The summed E-state index contributed by atoms with van der Waals surface area (Å²) < 4.78 is 0. The summed E-state index contributed by atoms with van der Waals surface area (Å²) in [5, 5.41) is 1.02. The predicted octanol–water partition coefficient (Wildman–Crippen LogP) is 4.62. The van der Waals surface area contributed by atoms with Crippen LogP contribution in [0.3, 0.4) is 0 Å². The van der Waals surface area contributed by atoms with Gasteiger partial charge in [-0.1, -0.05) is 55.0 Å². The van der Waals surface area contributed by atoms with Crippen LogP contribution >= 0.6 is 0 Å². The zero-order valence-electron chi connectivity index (χ0n) is 14.4. The molecule has 3 nitrogen and oxygen atoms in total. The van der Waals surface area contributed by atoms with E-state index >= 15 is 0 Å². The molecule has 2 heterocycles. The molecular formula is C22H24N2O. The Hall–Kier alpha value is -2.39. The minimum atomic E-state index is -0.112. The van der Waals surface area contributed by atoms with Gasteiger partial charge in [0, 0.05) is 29.2 Å². The molecule has 0 spiro atoms. The summed E-state index contributed by atoms with van der Waals surface area (Å²) in [5.41, 5.74) is 2.94. The van der Waals surface area contributed by atoms with E-state index in [1.165, 1.54) is 19.3 Å². The number of carbonyl (C=O) groups excluding carboxylic acids is 1. The van der Waals surface area contributed by atoms with Gasteiger partial charge < -0.3 is 9.88 Å². The first-order valence-electron chi connectivity index (χ1n) is 9.20. The second-order valence-electron chi connectivity index (χ2n) is 6.94. The minimum absolute atomic E-state index is 0.112. The van der Waals surface area contributed by atoms with Crippen LogP contribution in [0.15, 0.2) is 60.8 Å². The summed E-state index contributed by atoms with van der Waals surface area (Å²) in [6.07, 6.45) is 5.66. The van der Waals surface area contributed by atoms with Gasteiger partial charge in [0.1, 0.15) is 0 Å². The lowest BCUT2D eigenvalue weighted by Gasteiger charge is -2.30. The Balaban J connectivity index is 1.68. The van der Waals surface area contributed by atoms with E-state index in [1.807, 2.05) is 48.7 Å². The van der Waals surface area contributed by atoms with Crippen molar-refractivity contribution in [3.05, 3.63) is 71.9 Å². The molecule has 0 saturated carbocycles. The highest BCUT2D eigenvalue weighted by molar-refractivity contribution is 6.10. The second-order valence-corrected chi connectivity index (χ2v) is 6.94. The normalized spacial score (nSPS) is 16.8. The molecular weight excluding hydrogens is 308 g/mol. The molecule has 1 aromatic heterocycles. The monoisotopic (exact) mass is 332 g/mol. The lowest BCUT2D eigenvalue weighted by Crippen LogP contribution is -2.35. The molecule has 2 aromatic carbocycles. The van der Waals surface area contributed by atoms with Gasteiger partial charge in [-0.05, 0) is 37.6 Å². The molecule has 25 heavy (non-hydrogen) atoms. The van der Waals surface area contributed by atoms with Crippen LogP contribution in [0.1, 0.15) is 41.1 Å². The first kappa shape index (κ1) is 16.1. The van der Waals surface area contributed by atoms with Crippen LogP contribution in [0.5, 0.6) is 0 Å². The van der Waals surface area contributed by atoms with Gasteiger partial charge in [-0.15, -0.1) is 0 Å². The number of Topliss-reactive ketones (excluding diaryl/α,β-unsaturated/α-hetero) is 1. The van der Waals surface area contributed by atoms with Crippen LogP contribution in [-0.2, 0) is 0 Å². The molecule has 0 unspecified atom stereocenters. The van der Waals surface area contributed by atoms with E-state index in [0.29, 0.717) is 0 Å². The van der Waals surface area contributed by atoms with Gasteiger partial charge in [-0.2, -0.15) is 0 Å². The number of ketones is 1. The van der Waals surface area contributed by atoms with Gasteiger partial charge in [-0.25, -0.2) is 0 Å². The quantitative estimate of drug-likeness (QED) is 0.692. The van der Waals surface area contributed by atoms with Crippen LogP contribution in [0.4, 0.5) is 0 Å². The summed E-state index contributed by atoms with van der Waals surface area (Å²) in [6.45, 7) is 3.01. The Morgan fingerprint density at radius 1 is 0.960 bits per heavy atom. The van der Waals surface area contributed by atoms with Crippen molar-refractivity contribution < 1.29 is 4.79 Å². The van der Waals surface area contributed by atoms with E-state index in [2.05, 4.69) is 22.0 Å².